The van der Waals surface area contributed by atoms with Gasteiger partial charge in [0.25, 0.3) is 0 Å². The SMILES string of the molecule is CNCC#Cc1ccccc1OCC(=O)O. The van der Waals surface area contributed by atoms with E-state index in [0.717, 1.165) is 0 Å². The summed E-state index contributed by atoms with van der Waals surface area (Å²) in [6.45, 7) is 0.220. The fourth-order valence-electron chi connectivity index (χ4n) is 1.06. The van der Waals surface area contributed by atoms with Gasteiger partial charge < -0.3 is 15.2 Å². The molecule has 84 valence electrons. The van der Waals surface area contributed by atoms with Crippen molar-refractivity contribution in [2.75, 3.05) is 20.2 Å². The molecule has 0 amide bonds. The Morgan fingerprint density at radius 3 is 2.94 bits per heavy atom. The number of hydrogen-bond donors (Lipinski definition) is 2. The highest BCUT2D eigenvalue weighted by atomic mass is 16.5. The lowest BCUT2D eigenvalue weighted by atomic mass is 10.2. The van der Waals surface area contributed by atoms with Gasteiger partial charge >= 0.3 is 5.97 Å². The van der Waals surface area contributed by atoms with E-state index in [2.05, 4.69) is 17.2 Å². The highest BCUT2D eigenvalue weighted by Crippen LogP contribution is 2.16. The number of carbonyl (C=O) groups is 1. The molecule has 0 aliphatic heterocycles. The zero-order valence-electron chi connectivity index (χ0n) is 8.99. The van der Waals surface area contributed by atoms with E-state index in [-0.39, 0.29) is 6.61 Å². The first-order valence-electron chi connectivity index (χ1n) is 4.81. The minimum atomic E-state index is -1.00. The zero-order chi connectivity index (χ0) is 11.8. The van der Waals surface area contributed by atoms with E-state index < -0.39 is 5.97 Å². The van der Waals surface area contributed by atoms with Crippen molar-refractivity contribution < 1.29 is 14.6 Å². The number of aliphatic carboxylic acids is 1. The molecule has 0 heterocycles. The van der Waals surface area contributed by atoms with Crippen LogP contribution in [0.15, 0.2) is 24.3 Å². The molecule has 0 aliphatic rings. The van der Waals surface area contributed by atoms with Crippen LogP contribution >= 0.6 is 0 Å². The van der Waals surface area contributed by atoms with Crippen molar-refractivity contribution in [2.45, 2.75) is 0 Å². The molecule has 4 heteroatoms. The fraction of sp³-hybridized carbons (Fsp3) is 0.250. The molecule has 1 aromatic rings. The Kier molecular flexibility index (Phi) is 4.90. The van der Waals surface area contributed by atoms with Crippen molar-refractivity contribution in [3.8, 4) is 17.6 Å². The first-order valence-corrected chi connectivity index (χ1v) is 4.81. The third kappa shape index (κ3) is 4.03. The zero-order valence-corrected chi connectivity index (χ0v) is 8.99. The van der Waals surface area contributed by atoms with Gasteiger partial charge in [-0.3, -0.25) is 0 Å². The van der Waals surface area contributed by atoms with Gasteiger partial charge in [0.15, 0.2) is 6.61 Å². The fourth-order valence-corrected chi connectivity index (χ4v) is 1.06. The van der Waals surface area contributed by atoms with Crippen LogP contribution in [0.1, 0.15) is 5.56 Å². The molecule has 0 spiro atoms. The van der Waals surface area contributed by atoms with Crippen molar-refractivity contribution in [1.29, 1.82) is 0 Å². The predicted octanol–water partition coefficient (Wildman–Crippen LogP) is 0.721. The van der Waals surface area contributed by atoms with Crippen LogP contribution in [-0.2, 0) is 4.79 Å². The molecule has 0 fully saturated rings. The number of hydrogen-bond acceptors (Lipinski definition) is 3. The van der Waals surface area contributed by atoms with Crippen LogP contribution in [0.2, 0.25) is 0 Å². The third-order valence-electron chi connectivity index (χ3n) is 1.73. The van der Waals surface area contributed by atoms with Gasteiger partial charge in [0.05, 0.1) is 12.1 Å². The summed E-state index contributed by atoms with van der Waals surface area (Å²) in [6.07, 6.45) is 0. The van der Waals surface area contributed by atoms with Gasteiger partial charge in [-0.2, -0.15) is 0 Å². The Morgan fingerprint density at radius 2 is 2.25 bits per heavy atom. The first-order chi connectivity index (χ1) is 7.74. The summed E-state index contributed by atoms with van der Waals surface area (Å²) in [6, 6.07) is 7.10. The molecule has 1 aromatic carbocycles. The lowest BCUT2D eigenvalue weighted by molar-refractivity contribution is -0.139. The van der Waals surface area contributed by atoms with E-state index in [1.54, 1.807) is 18.2 Å². The molecule has 0 saturated heterocycles. The Hall–Kier alpha value is -1.99. The molecule has 0 atom stereocenters. The quantitative estimate of drug-likeness (QED) is 0.733. The van der Waals surface area contributed by atoms with E-state index in [1.807, 2.05) is 13.1 Å². The molecule has 0 unspecified atom stereocenters. The predicted molar refractivity (Wildman–Crippen MR) is 60.4 cm³/mol. The molecule has 0 bridgehead atoms. The Balaban J connectivity index is 2.76. The van der Waals surface area contributed by atoms with Crippen LogP contribution < -0.4 is 10.1 Å². The van der Waals surface area contributed by atoms with Crippen LogP contribution in [-0.4, -0.2) is 31.3 Å². The van der Waals surface area contributed by atoms with Crippen molar-refractivity contribution in [1.82, 2.24) is 5.32 Å². The van der Waals surface area contributed by atoms with Crippen molar-refractivity contribution >= 4 is 5.97 Å². The topological polar surface area (TPSA) is 58.6 Å². The average molecular weight is 219 g/mol. The molecule has 0 aliphatic carbocycles. The number of carboxylic acids is 1. The maximum Gasteiger partial charge on any atom is 0.341 e. The highest BCUT2D eigenvalue weighted by molar-refractivity contribution is 5.68. The summed E-state index contributed by atoms with van der Waals surface area (Å²) in [4.78, 5) is 10.4. The largest absolute Gasteiger partial charge is 0.481 e. The highest BCUT2D eigenvalue weighted by Gasteiger charge is 2.02. The number of benzene rings is 1. The van der Waals surface area contributed by atoms with Crippen LogP contribution in [0.3, 0.4) is 0 Å². The Bertz CT molecular complexity index is 418. The molecule has 4 nitrogen and oxygen atoms in total. The molecule has 0 saturated carbocycles. The summed E-state index contributed by atoms with van der Waals surface area (Å²) < 4.78 is 5.11. The van der Waals surface area contributed by atoms with Crippen LogP contribution in [0.4, 0.5) is 0 Å². The second-order valence-electron chi connectivity index (χ2n) is 3.01. The van der Waals surface area contributed by atoms with Gasteiger partial charge in [-0.05, 0) is 19.2 Å². The number of para-hydroxylation sites is 1. The van der Waals surface area contributed by atoms with Gasteiger partial charge in [-0.1, -0.05) is 24.0 Å². The molecular formula is C12H13NO3. The molecule has 0 radical (unpaired) electrons. The number of ether oxygens (including phenoxy) is 1. The minimum absolute atomic E-state index is 0.356. The second kappa shape index (κ2) is 6.49. The number of carboxylic acid groups (broad SMARTS) is 1. The molecule has 2 N–H and O–H groups in total. The maximum absolute atomic E-state index is 10.4. The normalized spacial score (nSPS) is 9.06. The lowest BCUT2D eigenvalue weighted by Gasteiger charge is -2.04. The lowest BCUT2D eigenvalue weighted by Crippen LogP contribution is -2.10. The van der Waals surface area contributed by atoms with Crippen LogP contribution in [0.5, 0.6) is 5.75 Å². The first kappa shape index (κ1) is 12.1. The van der Waals surface area contributed by atoms with Gasteiger partial charge in [-0.25, -0.2) is 4.79 Å². The molecular weight excluding hydrogens is 206 g/mol. The summed E-state index contributed by atoms with van der Waals surface area (Å²) in [5.41, 5.74) is 0.694. The number of rotatable bonds is 4. The Morgan fingerprint density at radius 1 is 1.50 bits per heavy atom. The maximum atomic E-state index is 10.4. The summed E-state index contributed by atoms with van der Waals surface area (Å²) in [5, 5.41) is 11.4. The van der Waals surface area contributed by atoms with Crippen molar-refractivity contribution in [3.05, 3.63) is 29.8 Å². The van der Waals surface area contributed by atoms with Gasteiger partial charge in [0, 0.05) is 0 Å². The standard InChI is InChI=1S/C12H13NO3/c1-13-8-4-6-10-5-2-3-7-11(10)16-9-12(14)15/h2-3,5,7,13H,8-9H2,1H3,(H,14,15). The van der Waals surface area contributed by atoms with Crippen LogP contribution in [0.25, 0.3) is 0 Å². The van der Waals surface area contributed by atoms with Crippen molar-refractivity contribution in [3.63, 3.8) is 0 Å². The third-order valence-corrected chi connectivity index (χ3v) is 1.73. The summed E-state index contributed by atoms with van der Waals surface area (Å²) >= 11 is 0. The van der Waals surface area contributed by atoms with Gasteiger partial charge in [0.1, 0.15) is 5.75 Å². The van der Waals surface area contributed by atoms with E-state index >= 15 is 0 Å². The van der Waals surface area contributed by atoms with Crippen molar-refractivity contribution in [2.24, 2.45) is 0 Å². The van der Waals surface area contributed by atoms with E-state index in [0.29, 0.717) is 17.9 Å². The minimum Gasteiger partial charge on any atom is -0.481 e. The van der Waals surface area contributed by atoms with Crippen LogP contribution in [0, 0.1) is 11.8 Å². The average Bonchev–Trinajstić information content (AvgIpc) is 2.28. The summed E-state index contributed by atoms with van der Waals surface area (Å²) in [5.74, 6) is 5.29. The monoisotopic (exact) mass is 219 g/mol. The second-order valence-corrected chi connectivity index (χ2v) is 3.01. The molecule has 0 aromatic heterocycles. The van der Waals surface area contributed by atoms with E-state index in [4.69, 9.17) is 9.84 Å². The number of nitrogens with one attached hydrogen (secondary N) is 1. The van der Waals surface area contributed by atoms with E-state index in [1.165, 1.54) is 0 Å². The summed E-state index contributed by atoms with van der Waals surface area (Å²) in [7, 11) is 1.81. The molecule has 1 rings (SSSR count). The van der Waals surface area contributed by atoms with Gasteiger partial charge in [0.2, 0.25) is 0 Å². The van der Waals surface area contributed by atoms with Gasteiger partial charge in [-0.15, -0.1) is 0 Å². The Labute approximate surface area is 94.2 Å². The smallest absolute Gasteiger partial charge is 0.341 e. The van der Waals surface area contributed by atoms with E-state index in [9.17, 15) is 4.79 Å². The molecule has 16 heavy (non-hydrogen) atoms.